The summed E-state index contributed by atoms with van der Waals surface area (Å²) in [7, 11) is 0. The fraction of sp³-hybridized carbons (Fsp3) is 0.211. The molecule has 7 heteroatoms. The van der Waals surface area contributed by atoms with E-state index in [-0.39, 0.29) is 17.7 Å². The molecule has 0 aliphatic carbocycles. The quantitative estimate of drug-likeness (QED) is 0.678. The molecule has 3 N–H and O–H groups in total. The zero-order chi connectivity index (χ0) is 18.4. The van der Waals surface area contributed by atoms with Crippen molar-refractivity contribution in [2.24, 2.45) is 0 Å². The lowest BCUT2D eigenvalue weighted by Gasteiger charge is -2.17. The molecule has 3 amide bonds. The standard InChI is InChI=1S/C19H19N3O3S/c23-17(10-13-4-2-1-3-5-13)20-8-9-21-19(25)14-6-7-16-15(11-14)22-18(24)12-26-16/h1-7,11H,8-10,12H2,(H,20,23)(H,21,25)(H,22,24). The molecule has 0 saturated heterocycles. The van der Waals surface area contributed by atoms with Crippen molar-refractivity contribution in [3.05, 3.63) is 59.7 Å². The van der Waals surface area contributed by atoms with Gasteiger partial charge in [-0.2, -0.15) is 0 Å². The van der Waals surface area contributed by atoms with Crippen LogP contribution in [0.4, 0.5) is 5.69 Å². The molecule has 0 atom stereocenters. The first-order valence-corrected chi connectivity index (χ1v) is 9.26. The lowest BCUT2D eigenvalue weighted by molar-refractivity contribution is -0.120. The number of nitrogens with one attached hydrogen (secondary N) is 3. The van der Waals surface area contributed by atoms with Gasteiger partial charge in [0.25, 0.3) is 5.91 Å². The molecule has 0 unspecified atom stereocenters. The third-order valence-electron chi connectivity index (χ3n) is 3.81. The molecule has 26 heavy (non-hydrogen) atoms. The summed E-state index contributed by atoms with van der Waals surface area (Å²) in [5, 5.41) is 8.31. The first-order valence-electron chi connectivity index (χ1n) is 8.27. The Labute approximate surface area is 155 Å². The van der Waals surface area contributed by atoms with Crippen LogP contribution in [0, 0.1) is 0 Å². The molecule has 2 aromatic carbocycles. The lowest BCUT2D eigenvalue weighted by atomic mass is 10.1. The predicted molar refractivity (Wildman–Crippen MR) is 101 cm³/mol. The number of hydrogen-bond donors (Lipinski definition) is 3. The van der Waals surface area contributed by atoms with Gasteiger partial charge in [0, 0.05) is 23.5 Å². The number of fused-ring (bicyclic) bond motifs is 1. The molecule has 1 aliphatic heterocycles. The number of carbonyl (C=O) groups is 3. The smallest absolute Gasteiger partial charge is 0.251 e. The molecule has 1 aliphatic rings. The van der Waals surface area contributed by atoms with E-state index in [1.165, 1.54) is 11.8 Å². The summed E-state index contributed by atoms with van der Waals surface area (Å²) in [6.45, 7) is 0.687. The van der Waals surface area contributed by atoms with Crippen molar-refractivity contribution in [3.8, 4) is 0 Å². The fourth-order valence-electron chi connectivity index (χ4n) is 2.55. The molecular formula is C19H19N3O3S. The number of anilines is 1. The number of rotatable bonds is 6. The van der Waals surface area contributed by atoms with Gasteiger partial charge in [-0.3, -0.25) is 14.4 Å². The van der Waals surface area contributed by atoms with Crippen LogP contribution in [0.25, 0.3) is 0 Å². The Kier molecular flexibility index (Phi) is 5.91. The van der Waals surface area contributed by atoms with E-state index in [2.05, 4.69) is 16.0 Å². The summed E-state index contributed by atoms with van der Waals surface area (Å²) in [6.07, 6.45) is 0.316. The number of hydrogen-bond acceptors (Lipinski definition) is 4. The molecule has 0 fully saturated rings. The largest absolute Gasteiger partial charge is 0.354 e. The maximum atomic E-state index is 12.2. The molecule has 0 spiro atoms. The van der Waals surface area contributed by atoms with E-state index in [0.717, 1.165) is 10.5 Å². The van der Waals surface area contributed by atoms with Crippen LogP contribution in [-0.4, -0.2) is 36.6 Å². The van der Waals surface area contributed by atoms with Crippen LogP contribution in [0.15, 0.2) is 53.4 Å². The third-order valence-corrected chi connectivity index (χ3v) is 4.89. The van der Waals surface area contributed by atoms with Crippen LogP contribution < -0.4 is 16.0 Å². The van der Waals surface area contributed by atoms with Crippen molar-refractivity contribution in [1.82, 2.24) is 10.6 Å². The minimum atomic E-state index is -0.241. The second-order valence-electron chi connectivity index (χ2n) is 5.82. The van der Waals surface area contributed by atoms with Crippen LogP contribution in [0.3, 0.4) is 0 Å². The minimum Gasteiger partial charge on any atom is -0.354 e. The van der Waals surface area contributed by atoms with Gasteiger partial charge in [0.1, 0.15) is 0 Å². The normalized spacial score (nSPS) is 12.7. The molecule has 0 aromatic heterocycles. The summed E-state index contributed by atoms with van der Waals surface area (Å²) >= 11 is 1.45. The third kappa shape index (κ3) is 4.86. The van der Waals surface area contributed by atoms with Gasteiger partial charge >= 0.3 is 0 Å². The molecular weight excluding hydrogens is 350 g/mol. The average Bonchev–Trinajstić information content (AvgIpc) is 2.65. The number of thioether (sulfide) groups is 1. The van der Waals surface area contributed by atoms with Gasteiger partial charge in [0.15, 0.2) is 0 Å². The Morgan fingerprint density at radius 2 is 1.81 bits per heavy atom. The second-order valence-corrected chi connectivity index (χ2v) is 6.83. The zero-order valence-corrected chi connectivity index (χ0v) is 14.9. The number of benzene rings is 2. The van der Waals surface area contributed by atoms with E-state index >= 15 is 0 Å². The fourth-order valence-corrected chi connectivity index (χ4v) is 3.34. The number of carbonyl (C=O) groups excluding carboxylic acids is 3. The number of amides is 3. The molecule has 3 rings (SSSR count). The highest BCUT2D eigenvalue weighted by atomic mass is 32.2. The van der Waals surface area contributed by atoms with Crippen LogP contribution in [0.1, 0.15) is 15.9 Å². The topological polar surface area (TPSA) is 87.3 Å². The first-order chi connectivity index (χ1) is 12.6. The first kappa shape index (κ1) is 18.0. The van der Waals surface area contributed by atoms with E-state index in [4.69, 9.17) is 0 Å². The van der Waals surface area contributed by atoms with E-state index < -0.39 is 0 Å². The van der Waals surface area contributed by atoms with Crippen molar-refractivity contribution in [2.45, 2.75) is 11.3 Å². The Balaban J connectivity index is 1.43. The van der Waals surface area contributed by atoms with Crippen LogP contribution in [0.2, 0.25) is 0 Å². The van der Waals surface area contributed by atoms with Crippen molar-refractivity contribution in [3.63, 3.8) is 0 Å². The maximum absolute atomic E-state index is 12.2. The molecule has 6 nitrogen and oxygen atoms in total. The molecule has 1 heterocycles. The van der Waals surface area contributed by atoms with Gasteiger partial charge in [0.2, 0.25) is 11.8 Å². The summed E-state index contributed by atoms with van der Waals surface area (Å²) < 4.78 is 0. The Hall–Kier alpha value is -2.80. The van der Waals surface area contributed by atoms with Crippen LogP contribution in [0.5, 0.6) is 0 Å². The molecule has 0 radical (unpaired) electrons. The van der Waals surface area contributed by atoms with E-state index in [9.17, 15) is 14.4 Å². The van der Waals surface area contributed by atoms with Gasteiger partial charge in [-0.05, 0) is 23.8 Å². The van der Waals surface area contributed by atoms with Crippen molar-refractivity contribution >= 4 is 35.2 Å². The second kappa shape index (κ2) is 8.53. The van der Waals surface area contributed by atoms with Crippen LogP contribution in [-0.2, 0) is 16.0 Å². The summed E-state index contributed by atoms with van der Waals surface area (Å²) in [5.41, 5.74) is 2.08. The van der Waals surface area contributed by atoms with E-state index in [1.54, 1.807) is 12.1 Å². The SMILES string of the molecule is O=C(Cc1ccccc1)NCCNC(=O)c1ccc2c(c1)NC(=O)CS2. The Bertz CT molecular complexity index is 824. The van der Waals surface area contributed by atoms with Gasteiger partial charge in [-0.25, -0.2) is 0 Å². The summed E-state index contributed by atoms with van der Waals surface area (Å²) in [4.78, 5) is 36.4. The Morgan fingerprint density at radius 1 is 1.04 bits per heavy atom. The highest BCUT2D eigenvalue weighted by Gasteiger charge is 2.17. The highest BCUT2D eigenvalue weighted by Crippen LogP contribution is 2.31. The zero-order valence-electron chi connectivity index (χ0n) is 14.1. The lowest BCUT2D eigenvalue weighted by Crippen LogP contribution is -2.35. The highest BCUT2D eigenvalue weighted by molar-refractivity contribution is 8.00. The predicted octanol–water partition coefficient (Wildman–Crippen LogP) is 1.82. The van der Waals surface area contributed by atoms with E-state index in [0.29, 0.717) is 36.5 Å². The van der Waals surface area contributed by atoms with Crippen LogP contribution >= 0.6 is 11.8 Å². The maximum Gasteiger partial charge on any atom is 0.251 e. The van der Waals surface area contributed by atoms with Crippen molar-refractivity contribution in [2.75, 3.05) is 24.2 Å². The van der Waals surface area contributed by atoms with Gasteiger partial charge in [-0.15, -0.1) is 11.8 Å². The average molecular weight is 369 g/mol. The summed E-state index contributed by atoms with van der Waals surface area (Å²) in [5.74, 6) is -0.00334. The van der Waals surface area contributed by atoms with Gasteiger partial charge < -0.3 is 16.0 Å². The van der Waals surface area contributed by atoms with Crippen molar-refractivity contribution in [1.29, 1.82) is 0 Å². The molecule has 2 aromatic rings. The monoisotopic (exact) mass is 369 g/mol. The molecule has 134 valence electrons. The summed E-state index contributed by atoms with van der Waals surface area (Å²) in [6, 6.07) is 14.7. The molecule has 0 saturated carbocycles. The van der Waals surface area contributed by atoms with Gasteiger partial charge in [0.05, 0.1) is 17.9 Å². The van der Waals surface area contributed by atoms with Gasteiger partial charge in [-0.1, -0.05) is 30.3 Å². The van der Waals surface area contributed by atoms with Crippen molar-refractivity contribution < 1.29 is 14.4 Å². The Morgan fingerprint density at radius 3 is 2.62 bits per heavy atom. The minimum absolute atomic E-state index is 0.0683. The molecule has 0 bridgehead atoms. The van der Waals surface area contributed by atoms with E-state index in [1.807, 2.05) is 36.4 Å².